The van der Waals surface area contributed by atoms with Crippen molar-refractivity contribution in [1.82, 2.24) is 10.2 Å². The van der Waals surface area contributed by atoms with Crippen LogP contribution in [0.5, 0.6) is 0 Å². The first-order chi connectivity index (χ1) is 8.36. The van der Waals surface area contributed by atoms with Crippen molar-refractivity contribution >= 4 is 5.91 Å². The third-order valence-electron chi connectivity index (χ3n) is 3.28. The molecule has 0 saturated carbocycles. The predicted octanol–water partition coefficient (Wildman–Crippen LogP) is 1.45. The minimum Gasteiger partial charge on any atom is -0.355 e. The first kappa shape index (κ1) is 17.4. The third kappa shape index (κ3) is 8.48. The predicted molar refractivity (Wildman–Crippen MR) is 77.4 cm³/mol. The number of rotatable bonds is 9. The lowest BCUT2D eigenvalue weighted by Gasteiger charge is -2.26. The normalized spacial score (nSPS) is 14.9. The highest BCUT2D eigenvalue weighted by atomic mass is 16.1. The molecule has 2 unspecified atom stereocenters. The number of nitrogens with one attached hydrogen (secondary N) is 1. The topological polar surface area (TPSA) is 58.4 Å². The number of hydrogen-bond acceptors (Lipinski definition) is 3. The molecule has 0 aromatic carbocycles. The van der Waals surface area contributed by atoms with Crippen LogP contribution in [-0.2, 0) is 4.79 Å². The monoisotopic (exact) mass is 257 g/mol. The van der Waals surface area contributed by atoms with Crippen molar-refractivity contribution in [1.29, 1.82) is 0 Å². The highest BCUT2D eigenvalue weighted by molar-refractivity contribution is 5.75. The number of likely N-dealkylation sites (N-methyl/N-ethyl adjacent to an activating group) is 1. The van der Waals surface area contributed by atoms with Gasteiger partial charge in [0.15, 0.2) is 0 Å². The smallest absolute Gasteiger partial charge is 0.220 e. The van der Waals surface area contributed by atoms with Gasteiger partial charge in [-0.25, -0.2) is 0 Å². The average molecular weight is 257 g/mol. The summed E-state index contributed by atoms with van der Waals surface area (Å²) >= 11 is 0. The molecule has 2 atom stereocenters. The molecule has 1 amide bonds. The Kier molecular flexibility index (Phi) is 9.02. The molecule has 0 aliphatic rings. The van der Waals surface area contributed by atoms with Crippen molar-refractivity contribution in [2.45, 2.75) is 46.1 Å². The minimum absolute atomic E-state index is 0.144. The van der Waals surface area contributed by atoms with Gasteiger partial charge in [0.05, 0.1) is 0 Å². The van der Waals surface area contributed by atoms with E-state index in [4.69, 9.17) is 5.73 Å². The van der Waals surface area contributed by atoms with Crippen LogP contribution in [0.25, 0.3) is 0 Å². The van der Waals surface area contributed by atoms with E-state index in [1.165, 1.54) is 0 Å². The van der Waals surface area contributed by atoms with Gasteiger partial charge < -0.3 is 16.0 Å². The lowest BCUT2D eigenvalue weighted by molar-refractivity contribution is -0.121. The quantitative estimate of drug-likeness (QED) is 0.657. The Hall–Kier alpha value is -0.610. The van der Waals surface area contributed by atoms with E-state index in [1.807, 2.05) is 0 Å². The molecule has 0 heterocycles. The van der Waals surface area contributed by atoms with Gasteiger partial charge in [-0.3, -0.25) is 4.79 Å². The molecule has 0 aliphatic heterocycles. The van der Waals surface area contributed by atoms with Crippen molar-refractivity contribution in [3.8, 4) is 0 Å². The maximum absolute atomic E-state index is 11.7. The second kappa shape index (κ2) is 9.34. The molecule has 0 saturated heterocycles. The summed E-state index contributed by atoms with van der Waals surface area (Å²) in [5.41, 5.74) is 5.54. The van der Waals surface area contributed by atoms with E-state index >= 15 is 0 Å². The molecular formula is C14H31N3O. The SMILES string of the molecule is CC(C)CC(CNC(=O)CCC(C)CN)N(C)C. The van der Waals surface area contributed by atoms with Crippen LogP contribution in [0.4, 0.5) is 0 Å². The van der Waals surface area contributed by atoms with Gasteiger partial charge in [0.1, 0.15) is 0 Å². The largest absolute Gasteiger partial charge is 0.355 e. The van der Waals surface area contributed by atoms with Crippen LogP contribution >= 0.6 is 0 Å². The highest BCUT2D eigenvalue weighted by Gasteiger charge is 2.14. The maximum Gasteiger partial charge on any atom is 0.220 e. The van der Waals surface area contributed by atoms with Crippen LogP contribution in [-0.4, -0.2) is 44.0 Å². The second-order valence-electron chi connectivity index (χ2n) is 5.93. The van der Waals surface area contributed by atoms with Crippen LogP contribution in [0.15, 0.2) is 0 Å². The maximum atomic E-state index is 11.7. The molecule has 0 bridgehead atoms. The van der Waals surface area contributed by atoms with E-state index < -0.39 is 0 Å². The van der Waals surface area contributed by atoms with Gasteiger partial charge in [-0.05, 0) is 45.3 Å². The zero-order chi connectivity index (χ0) is 14.1. The van der Waals surface area contributed by atoms with Crippen molar-refractivity contribution in [2.24, 2.45) is 17.6 Å². The zero-order valence-corrected chi connectivity index (χ0v) is 12.7. The Morgan fingerprint density at radius 1 is 1.28 bits per heavy atom. The van der Waals surface area contributed by atoms with Crippen LogP contribution in [0.2, 0.25) is 0 Å². The van der Waals surface area contributed by atoms with Crippen molar-refractivity contribution in [2.75, 3.05) is 27.2 Å². The van der Waals surface area contributed by atoms with Gasteiger partial charge in [0.2, 0.25) is 5.91 Å². The average Bonchev–Trinajstić information content (AvgIpc) is 2.30. The number of amides is 1. The van der Waals surface area contributed by atoms with E-state index in [9.17, 15) is 4.79 Å². The fraction of sp³-hybridized carbons (Fsp3) is 0.929. The number of carbonyl (C=O) groups excluding carboxylic acids is 1. The Labute approximate surface area is 112 Å². The summed E-state index contributed by atoms with van der Waals surface area (Å²) in [5, 5.41) is 3.03. The first-order valence-corrected chi connectivity index (χ1v) is 7.00. The summed E-state index contributed by atoms with van der Waals surface area (Å²) in [6.07, 6.45) is 2.56. The molecule has 3 N–H and O–H groups in total. The van der Waals surface area contributed by atoms with Gasteiger partial charge >= 0.3 is 0 Å². The molecule has 0 aromatic heterocycles. The molecular weight excluding hydrogens is 226 g/mol. The number of nitrogens with two attached hydrogens (primary N) is 1. The first-order valence-electron chi connectivity index (χ1n) is 7.00. The molecule has 108 valence electrons. The second-order valence-corrected chi connectivity index (χ2v) is 5.93. The standard InChI is InChI=1S/C14H31N3O/c1-11(2)8-13(17(4)5)10-16-14(18)7-6-12(3)9-15/h11-13H,6-10,15H2,1-5H3,(H,16,18). The Balaban J connectivity index is 3.92. The minimum atomic E-state index is 0.144. The van der Waals surface area contributed by atoms with Gasteiger partial charge in [-0.1, -0.05) is 20.8 Å². The van der Waals surface area contributed by atoms with E-state index in [2.05, 4.69) is 45.1 Å². The molecule has 0 radical (unpaired) electrons. The van der Waals surface area contributed by atoms with E-state index in [0.29, 0.717) is 30.8 Å². The van der Waals surface area contributed by atoms with E-state index in [-0.39, 0.29) is 5.91 Å². The Morgan fingerprint density at radius 2 is 1.89 bits per heavy atom. The van der Waals surface area contributed by atoms with Gasteiger partial charge in [-0.2, -0.15) is 0 Å². The third-order valence-corrected chi connectivity index (χ3v) is 3.28. The molecule has 0 aliphatic carbocycles. The molecule has 0 fully saturated rings. The van der Waals surface area contributed by atoms with Crippen molar-refractivity contribution in [3.05, 3.63) is 0 Å². The molecule has 4 heteroatoms. The van der Waals surface area contributed by atoms with Crippen molar-refractivity contribution < 1.29 is 4.79 Å². The molecule has 0 rings (SSSR count). The summed E-state index contributed by atoms with van der Waals surface area (Å²) < 4.78 is 0. The summed E-state index contributed by atoms with van der Waals surface area (Å²) in [4.78, 5) is 13.9. The number of nitrogens with zero attached hydrogens (tertiary/aromatic N) is 1. The summed E-state index contributed by atoms with van der Waals surface area (Å²) in [7, 11) is 4.13. The molecule has 4 nitrogen and oxygen atoms in total. The number of hydrogen-bond donors (Lipinski definition) is 2. The number of carbonyl (C=O) groups is 1. The van der Waals surface area contributed by atoms with Gasteiger partial charge in [0.25, 0.3) is 0 Å². The molecule has 18 heavy (non-hydrogen) atoms. The van der Waals surface area contributed by atoms with Crippen LogP contribution in [0, 0.1) is 11.8 Å². The summed E-state index contributed by atoms with van der Waals surface area (Å²) in [5.74, 6) is 1.22. The highest BCUT2D eigenvalue weighted by Crippen LogP contribution is 2.08. The summed E-state index contributed by atoms with van der Waals surface area (Å²) in [6, 6.07) is 0.417. The Morgan fingerprint density at radius 3 is 2.33 bits per heavy atom. The van der Waals surface area contributed by atoms with Gasteiger partial charge in [0, 0.05) is 19.0 Å². The van der Waals surface area contributed by atoms with Crippen LogP contribution in [0.1, 0.15) is 40.0 Å². The fourth-order valence-electron chi connectivity index (χ4n) is 1.84. The lowest BCUT2D eigenvalue weighted by Crippen LogP contribution is -2.41. The van der Waals surface area contributed by atoms with Crippen LogP contribution < -0.4 is 11.1 Å². The summed E-state index contributed by atoms with van der Waals surface area (Å²) in [6.45, 7) is 7.89. The Bertz CT molecular complexity index is 229. The van der Waals surface area contributed by atoms with E-state index in [0.717, 1.165) is 19.4 Å². The van der Waals surface area contributed by atoms with E-state index in [1.54, 1.807) is 0 Å². The fourth-order valence-corrected chi connectivity index (χ4v) is 1.84. The molecule has 0 aromatic rings. The zero-order valence-electron chi connectivity index (χ0n) is 12.7. The van der Waals surface area contributed by atoms with Crippen LogP contribution in [0.3, 0.4) is 0 Å². The lowest BCUT2D eigenvalue weighted by atomic mass is 10.0. The van der Waals surface area contributed by atoms with Crippen molar-refractivity contribution in [3.63, 3.8) is 0 Å². The van der Waals surface area contributed by atoms with Gasteiger partial charge in [-0.15, -0.1) is 0 Å². The molecule has 0 spiro atoms.